The van der Waals surface area contributed by atoms with E-state index in [2.05, 4.69) is 5.32 Å². The second-order valence-corrected chi connectivity index (χ2v) is 5.10. The van der Waals surface area contributed by atoms with Crippen LogP contribution in [0.1, 0.15) is 30.1 Å². The van der Waals surface area contributed by atoms with Gasteiger partial charge in [0.25, 0.3) is 5.91 Å². The fourth-order valence-corrected chi connectivity index (χ4v) is 2.07. The molecule has 0 aliphatic carbocycles. The molecule has 0 saturated carbocycles. The molecule has 0 spiro atoms. The lowest BCUT2D eigenvalue weighted by molar-refractivity contribution is -0.143. The summed E-state index contributed by atoms with van der Waals surface area (Å²) in [5, 5.41) is 2.78. The largest absolute Gasteiger partial charge is 0.466 e. The summed E-state index contributed by atoms with van der Waals surface area (Å²) < 4.78 is 10.5. The summed E-state index contributed by atoms with van der Waals surface area (Å²) in [5.74, 6) is 0.994. The minimum atomic E-state index is -0.242. The third kappa shape index (κ3) is 5.76. The molecule has 126 valence electrons. The Balaban J connectivity index is 1.78. The highest BCUT2D eigenvalue weighted by atomic mass is 16.5. The Kier molecular flexibility index (Phi) is 6.83. The number of nitrogens with one attached hydrogen (secondary N) is 1. The first kappa shape index (κ1) is 17.5. The van der Waals surface area contributed by atoms with Crippen LogP contribution in [0.2, 0.25) is 0 Å². The minimum absolute atomic E-state index is 0.176. The smallest absolute Gasteiger partial charge is 0.305 e. The van der Waals surface area contributed by atoms with Crippen LogP contribution in [0.3, 0.4) is 0 Å². The van der Waals surface area contributed by atoms with Gasteiger partial charge in [-0.05, 0) is 49.7 Å². The molecular weight excluding hydrogens is 306 g/mol. The van der Waals surface area contributed by atoms with Gasteiger partial charge in [0.2, 0.25) is 0 Å². The quantitative estimate of drug-likeness (QED) is 0.595. The number of hydrogen-bond acceptors (Lipinski definition) is 4. The molecule has 2 rings (SSSR count). The maximum atomic E-state index is 12.0. The summed E-state index contributed by atoms with van der Waals surface area (Å²) in [7, 11) is 0. The van der Waals surface area contributed by atoms with Crippen molar-refractivity contribution in [1.82, 2.24) is 5.32 Å². The lowest BCUT2D eigenvalue weighted by atomic mass is 10.2. The Bertz CT molecular complexity index is 653. The van der Waals surface area contributed by atoms with Crippen molar-refractivity contribution in [3.05, 3.63) is 60.2 Å². The Hall–Kier alpha value is -2.82. The van der Waals surface area contributed by atoms with Gasteiger partial charge in [0.05, 0.1) is 6.61 Å². The zero-order valence-electron chi connectivity index (χ0n) is 13.7. The molecule has 0 unspecified atom stereocenters. The SMILES string of the molecule is CCOC(=O)CCCNC(=O)c1ccc(Oc2ccccc2)cc1. The molecular formula is C19H21NO4. The van der Waals surface area contributed by atoms with Crippen LogP contribution in [0.25, 0.3) is 0 Å². The Morgan fingerprint density at radius 1 is 0.958 bits per heavy atom. The normalized spacial score (nSPS) is 10.0. The fourth-order valence-electron chi connectivity index (χ4n) is 2.07. The predicted octanol–water partition coefficient (Wildman–Crippen LogP) is 3.55. The maximum absolute atomic E-state index is 12.0. The molecule has 0 aromatic heterocycles. The molecule has 0 aliphatic heterocycles. The summed E-state index contributed by atoms with van der Waals surface area (Å²) in [6, 6.07) is 16.4. The van der Waals surface area contributed by atoms with E-state index in [0.29, 0.717) is 37.3 Å². The van der Waals surface area contributed by atoms with E-state index in [0.717, 1.165) is 5.75 Å². The van der Waals surface area contributed by atoms with Gasteiger partial charge in [-0.15, -0.1) is 0 Å². The van der Waals surface area contributed by atoms with Gasteiger partial charge < -0.3 is 14.8 Å². The van der Waals surface area contributed by atoms with Crippen LogP contribution in [-0.4, -0.2) is 25.0 Å². The van der Waals surface area contributed by atoms with Crippen LogP contribution in [0, 0.1) is 0 Å². The third-order valence-electron chi connectivity index (χ3n) is 3.24. The zero-order chi connectivity index (χ0) is 17.2. The first-order chi connectivity index (χ1) is 11.7. The zero-order valence-corrected chi connectivity index (χ0v) is 13.7. The molecule has 1 amide bonds. The monoisotopic (exact) mass is 327 g/mol. The molecule has 5 nitrogen and oxygen atoms in total. The summed E-state index contributed by atoms with van der Waals surface area (Å²) >= 11 is 0. The first-order valence-electron chi connectivity index (χ1n) is 7.96. The number of hydrogen-bond donors (Lipinski definition) is 1. The van der Waals surface area contributed by atoms with Gasteiger partial charge in [-0.3, -0.25) is 9.59 Å². The van der Waals surface area contributed by atoms with Gasteiger partial charge in [0.1, 0.15) is 11.5 Å². The van der Waals surface area contributed by atoms with E-state index in [1.165, 1.54) is 0 Å². The average Bonchev–Trinajstić information content (AvgIpc) is 2.60. The van der Waals surface area contributed by atoms with Crippen molar-refractivity contribution in [2.75, 3.05) is 13.2 Å². The Labute approximate surface area is 141 Å². The van der Waals surface area contributed by atoms with Crippen LogP contribution >= 0.6 is 0 Å². The van der Waals surface area contributed by atoms with Gasteiger partial charge in [-0.25, -0.2) is 0 Å². The standard InChI is InChI=1S/C19H21NO4/c1-2-23-18(21)9-6-14-20-19(22)15-10-12-17(13-11-15)24-16-7-4-3-5-8-16/h3-5,7-8,10-13H,2,6,9,14H2,1H3,(H,20,22). The van der Waals surface area contributed by atoms with E-state index in [1.54, 1.807) is 31.2 Å². The van der Waals surface area contributed by atoms with Crippen molar-refractivity contribution < 1.29 is 19.1 Å². The number of carbonyl (C=O) groups is 2. The number of benzene rings is 2. The van der Waals surface area contributed by atoms with Crippen LogP contribution in [0.15, 0.2) is 54.6 Å². The fraction of sp³-hybridized carbons (Fsp3) is 0.263. The van der Waals surface area contributed by atoms with E-state index < -0.39 is 0 Å². The van der Waals surface area contributed by atoms with E-state index in [9.17, 15) is 9.59 Å². The summed E-state index contributed by atoms with van der Waals surface area (Å²) in [6.45, 7) is 2.58. The molecule has 24 heavy (non-hydrogen) atoms. The lowest BCUT2D eigenvalue weighted by Crippen LogP contribution is -2.25. The topological polar surface area (TPSA) is 64.6 Å². The summed E-state index contributed by atoms with van der Waals surface area (Å²) in [4.78, 5) is 23.2. The molecule has 0 atom stereocenters. The number of carbonyl (C=O) groups excluding carboxylic acids is 2. The molecule has 2 aromatic rings. The van der Waals surface area contributed by atoms with Crippen molar-refractivity contribution in [2.45, 2.75) is 19.8 Å². The molecule has 0 bridgehead atoms. The van der Waals surface area contributed by atoms with E-state index >= 15 is 0 Å². The van der Waals surface area contributed by atoms with Crippen molar-refractivity contribution in [1.29, 1.82) is 0 Å². The third-order valence-corrected chi connectivity index (χ3v) is 3.24. The molecule has 1 N–H and O–H groups in total. The van der Waals surface area contributed by atoms with Crippen LogP contribution in [0.5, 0.6) is 11.5 Å². The van der Waals surface area contributed by atoms with Crippen molar-refractivity contribution in [2.24, 2.45) is 0 Å². The van der Waals surface area contributed by atoms with E-state index in [-0.39, 0.29) is 11.9 Å². The Morgan fingerprint density at radius 2 is 1.62 bits per heavy atom. The number of esters is 1. The molecule has 0 aliphatic rings. The van der Waals surface area contributed by atoms with E-state index in [4.69, 9.17) is 9.47 Å². The molecule has 0 fully saturated rings. The molecule has 0 heterocycles. The van der Waals surface area contributed by atoms with Crippen molar-refractivity contribution >= 4 is 11.9 Å². The van der Waals surface area contributed by atoms with Gasteiger partial charge in [-0.1, -0.05) is 18.2 Å². The molecule has 0 saturated heterocycles. The highest BCUT2D eigenvalue weighted by molar-refractivity contribution is 5.94. The molecule has 0 radical (unpaired) electrons. The Morgan fingerprint density at radius 3 is 2.29 bits per heavy atom. The highest BCUT2D eigenvalue weighted by Gasteiger charge is 2.06. The second-order valence-electron chi connectivity index (χ2n) is 5.10. The van der Waals surface area contributed by atoms with Crippen molar-refractivity contribution in [3.63, 3.8) is 0 Å². The van der Waals surface area contributed by atoms with Gasteiger partial charge >= 0.3 is 5.97 Å². The van der Waals surface area contributed by atoms with Gasteiger partial charge in [0.15, 0.2) is 0 Å². The van der Waals surface area contributed by atoms with Crippen LogP contribution < -0.4 is 10.1 Å². The number of rotatable bonds is 8. The number of ether oxygens (including phenoxy) is 2. The second kappa shape index (κ2) is 9.35. The first-order valence-corrected chi connectivity index (χ1v) is 7.96. The van der Waals surface area contributed by atoms with Crippen molar-refractivity contribution in [3.8, 4) is 11.5 Å². The summed E-state index contributed by atoms with van der Waals surface area (Å²) in [5.41, 5.74) is 0.548. The number of amides is 1. The van der Waals surface area contributed by atoms with Gasteiger partial charge in [-0.2, -0.15) is 0 Å². The molecule has 5 heteroatoms. The average molecular weight is 327 g/mol. The summed E-state index contributed by atoms with van der Waals surface area (Å²) in [6.07, 6.45) is 0.859. The van der Waals surface area contributed by atoms with Crippen LogP contribution in [0.4, 0.5) is 0 Å². The minimum Gasteiger partial charge on any atom is -0.466 e. The highest BCUT2D eigenvalue weighted by Crippen LogP contribution is 2.21. The van der Waals surface area contributed by atoms with E-state index in [1.807, 2.05) is 30.3 Å². The van der Waals surface area contributed by atoms with Gasteiger partial charge in [0, 0.05) is 18.5 Å². The maximum Gasteiger partial charge on any atom is 0.305 e. The molecule has 2 aromatic carbocycles. The lowest BCUT2D eigenvalue weighted by Gasteiger charge is -2.07. The number of para-hydroxylation sites is 1. The van der Waals surface area contributed by atoms with Crippen LogP contribution in [-0.2, 0) is 9.53 Å². The predicted molar refractivity (Wildman–Crippen MR) is 91.2 cm³/mol.